The molecule has 15 unspecified atom stereocenters. The number of aliphatic hydroxyl groups is 11. The van der Waals surface area contributed by atoms with Crippen LogP contribution >= 0.6 is 0 Å². The molecule has 3 aliphatic heterocycles. The number of hydrogen-bond donors (Lipinski definition) is 13. The summed E-state index contributed by atoms with van der Waals surface area (Å²) in [5.41, 5.74) is -1.54. The van der Waals surface area contributed by atoms with Crippen LogP contribution in [0.15, 0.2) is 39.5 Å². The highest BCUT2D eigenvalue weighted by molar-refractivity contribution is 5.88. The van der Waals surface area contributed by atoms with Crippen LogP contribution in [0.25, 0.3) is 22.3 Å². The molecule has 22 nitrogen and oxygen atoms in total. The summed E-state index contributed by atoms with van der Waals surface area (Å²) in [5.74, 6) is -2.79. The minimum Gasteiger partial charge on any atom is -0.507 e. The molecule has 0 aliphatic carbocycles. The highest BCUT2D eigenvalue weighted by Crippen LogP contribution is 2.41. The molecule has 0 spiro atoms. The summed E-state index contributed by atoms with van der Waals surface area (Å²) in [5, 5.41) is 134. The topological polar surface area (TPSA) is 358 Å². The zero-order valence-electron chi connectivity index (χ0n) is 29.2. The molecular weight excluding hydrogens is 760 g/mol. The van der Waals surface area contributed by atoms with Crippen molar-refractivity contribution in [2.24, 2.45) is 0 Å². The summed E-state index contributed by atoms with van der Waals surface area (Å²) in [7, 11) is 1.23. The van der Waals surface area contributed by atoms with Crippen LogP contribution in [0.1, 0.15) is 0 Å². The van der Waals surface area contributed by atoms with Gasteiger partial charge in [0, 0.05) is 17.7 Å². The SMILES string of the molecule is COc1cc(-c2oc3cc(OC4OC(CO)C(O)C(O)C4O)cc(O)c3c(=O)c2OC2OC(CO)C(O)C(O)C2OC2OC(CO)C(O)C(O)C2O)ccc1O. The molecule has 13 N–H and O–H groups in total. The second kappa shape index (κ2) is 16.9. The Morgan fingerprint density at radius 1 is 0.625 bits per heavy atom. The van der Waals surface area contributed by atoms with Crippen molar-refractivity contribution >= 4 is 11.0 Å². The minimum atomic E-state index is -2.03. The lowest BCUT2D eigenvalue weighted by Crippen LogP contribution is -2.65. The van der Waals surface area contributed by atoms with Gasteiger partial charge >= 0.3 is 0 Å². The Kier molecular flexibility index (Phi) is 12.6. The van der Waals surface area contributed by atoms with Crippen molar-refractivity contribution in [3.05, 3.63) is 40.6 Å². The summed E-state index contributed by atoms with van der Waals surface area (Å²) in [6.07, 6.45) is -26.9. The molecule has 22 heteroatoms. The third kappa shape index (κ3) is 7.70. The fourth-order valence-corrected chi connectivity index (χ4v) is 6.49. The minimum absolute atomic E-state index is 0.0186. The molecule has 6 rings (SSSR count). The Balaban J connectivity index is 1.44. The highest BCUT2D eigenvalue weighted by atomic mass is 16.8. The van der Waals surface area contributed by atoms with Gasteiger partial charge in [0.25, 0.3) is 0 Å². The molecule has 310 valence electrons. The van der Waals surface area contributed by atoms with E-state index in [4.69, 9.17) is 37.6 Å². The van der Waals surface area contributed by atoms with Crippen molar-refractivity contribution in [2.45, 2.75) is 92.1 Å². The van der Waals surface area contributed by atoms with Gasteiger partial charge in [-0.3, -0.25) is 4.79 Å². The van der Waals surface area contributed by atoms with Gasteiger partial charge in [-0.1, -0.05) is 0 Å². The number of benzene rings is 2. The lowest BCUT2D eigenvalue weighted by atomic mass is 9.97. The number of fused-ring (bicyclic) bond motifs is 1. The molecule has 3 saturated heterocycles. The van der Waals surface area contributed by atoms with E-state index in [1.54, 1.807) is 0 Å². The first-order valence-electron chi connectivity index (χ1n) is 17.1. The van der Waals surface area contributed by atoms with Crippen LogP contribution in [0.2, 0.25) is 0 Å². The van der Waals surface area contributed by atoms with E-state index in [9.17, 15) is 71.2 Å². The van der Waals surface area contributed by atoms with Gasteiger partial charge in [-0.25, -0.2) is 0 Å². The van der Waals surface area contributed by atoms with Crippen LogP contribution in [-0.4, -0.2) is 185 Å². The molecule has 2 aromatic carbocycles. The number of phenolic OH excluding ortho intramolecular Hbond substituents is 2. The zero-order chi connectivity index (χ0) is 40.7. The average Bonchev–Trinajstić information content (AvgIpc) is 3.18. The number of aliphatic hydroxyl groups excluding tert-OH is 11. The van der Waals surface area contributed by atoms with E-state index in [2.05, 4.69) is 0 Å². The van der Waals surface area contributed by atoms with Gasteiger partial charge in [-0.2, -0.15) is 0 Å². The van der Waals surface area contributed by atoms with Crippen molar-refractivity contribution in [3.63, 3.8) is 0 Å². The number of phenols is 2. The molecule has 0 amide bonds. The first kappa shape index (κ1) is 41.7. The summed E-state index contributed by atoms with van der Waals surface area (Å²) in [6.45, 7) is -2.52. The molecule has 3 aliphatic rings. The predicted molar refractivity (Wildman–Crippen MR) is 179 cm³/mol. The zero-order valence-corrected chi connectivity index (χ0v) is 29.2. The summed E-state index contributed by atoms with van der Waals surface area (Å²) in [6, 6.07) is 5.63. The molecule has 0 bridgehead atoms. The van der Waals surface area contributed by atoms with Crippen LogP contribution in [0.3, 0.4) is 0 Å². The summed E-state index contributed by atoms with van der Waals surface area (Å²) >= 11 is 0. The Bertz CT molecular complexity index is 1880. The van der Waals surface area contributed by atoms with Crippen LogP contribution in [-0.2, 0) is 18.9 Å². The van der Waals surface area contributed by atoms with Gasteiger partial charge in [0.15, 0.2) is 29.7 Å². The third-order valence-corrected chi connectivity index (χ3v) is 9.65. The Labute approximate surface area is 314 Å². The second-order valence-electron chi connectivity index (χ2n) is 13.2. The Morgan fingerprint density at radius 2 is 1.18 bits per heavy atom. The van der Waals surface area contributed by atoms with Gasteiger partial charge < -0.3 is 104 Å². The van der Waals surface area contributed by atoms with Crippen molar-refractivity contribution in [1.29, 1.82) is 0 Å². The van der Waals surface area contributed by atoms with Crippen molar-refractivity contribution < 1.29 is 104 Å². The van der Waals surface area contributed by atoms with Crippen LogP contribution in [0.5, 0.6) is 28.7 Å². The predicted octanol–water partition coefficient (Wildman–Crippen LogP) is -4.94. The standard InChI is InChI=1S/C34H42O22/c1-49-14-4-10(2-3-12(14)38)29-30(23(43)19-13(39)5-11(6-15(19)51-29)50-32-27(47)24(44)20(40)16(7-35)52-32)55-34-31(26(46)22(42)18(9-37)54-34)56-33-28(48)25(45)21(41)17(8-36)53-33/h2-6,16-18,20-22,24-28,31-42,44-48H,7-9H2,1H3. The first-order valence-corrected chi connectivity index (χ1v) is 17.1. The van der Waals surface area contributed by atoms with Gasteiger partial charge in [0.2, 0.25) is 23.8 Å². The van der Waals surface area contributed by atoms with Crippen LogP contribution in [0.4, 0.5) is 0 Å². The number of ether oxygens (including phenoxy) is 7. The van der Waals surface area contributed by atoms with Gasteiger partial charge in [0.05, 0.1) is 26.9 Å². The second-order valence-corrected chi connectivity index (χ2v) is 13.2. The summed E-state index contributed by atoms with van der Waals surface area (Å²) in [4.78, 5) is 14.3. The lowest BCUT2D eigenvalue weighted by Gasteiger charge is -2.45. The highest BCUT2D eigenvalue weighted by Gasteiger charge is 2.52. The number of rotatable bonds is 11. The molecule has 56 heavy (non-hydrogen) atoms. The van der Waals surface area contributed by atoms with Crippen molar-refractivity contribution in [2.75, 3.05) is 26.9 Å². The molecule has 15 atom stereocenters. The number of hydrogen-bond acceptors (Lipinski definition) is 22. The normalized spacial score (nSPS) is 36.3. The maximum Gasteiger partial charge on any atom is 0.239 e. The molecule has 4 heterocycles. The van der Waals surface area contributed by atoms with Crippen LogP contribution in [0, 0.1) is 0 Å². The quantitative estimate of drug-likeness (QED) is 0.0863. The molecule has 3 fully saturated rings. The van der Waals surface area contributed by atoms with E-state index in [-0.39, 0.29) is 22.8 Å². The maximum atomic E-state index is 14.3. The largest absolute Gasteiger partial charge is 0.507 e. The first-order chi connectivity index (χ1) is 26.6. The van der Waals surface area contributed by atoms with Crippen LogP contribution < -0.4 is 19.6 Å². The van der Waals surface area contributed by atoms with E-state index < -0.39 is 146 Å². The van der Waals surface area contributed by atoms with Gasteiger partial charge in [0.1, 0.15) is 89.6 Å². The molecule has 0 radical (unpaired) electrons. The Hall–Kier alpha value is -3.95. The average molecular weight is 803 g/mol. The molecule has 1 aromatic heterocycles. The monoisotopic (exact) mass is 802 g/mol. The number of methoxy groups -OCH3 is 1. The summed E-state index contributed by atoms with van der Waals surface area (Å²) < 4.78 is 45.0. The van der Waals surface area contributed by atoms with Crippen molar-refractivity contribution in [1.82, 2.24) is 0 Å². The molecular formula is C34H42O22. The van der Waals surface area contributed by atoms with E-state index >= 15 is 0 Å². The number of aromatic hydroxyl groups is 2. The van der Waals surface area contributed by atoms with E-state index in [0.717, 1.165) is 12.1 Å². The third-order valence-electron chi connectivity index (χ3n) is 9.65. The molecule has 3 aromatic rings. The van der Waals surface area contributed by atoms with Crippen molar-refractivity contribution in [3.8, 4) is 40.1 Å². The fourth-order valence-electron chi connectivity index (χ4n) is 6.49. The van der Waals surface area contributed by atoms with E-state index in [0.29, 0.717) is 0 Å². The van der Waals surface area contributed by atoms with E-state index in [1.165, 1.54) is 25.3 Å². The maximum absolute atomic E-state index is 14.3. The smallest absolute Gasteiger partial charge is 0.239 e. The lowest BCUT2D eigenvalue weighted by molar-refractivity contribution is -0.358. The van der Waals surface area contributed by atoms with Gasteiger partial charge in [-0.05, 0) is 18.2 Å². The molecule has 0 saturated carbocycles. The fraction of sp³-hybridized carbons (Fsp3) is 0.559. The Morgan fingerprint density at radius 3 is 1.77 bits per heavy atom. The van der Waals surface area contributed by atoms with Gasteiger partial charge in [-0.15, -0.1) is 0 Å². The van der Waals surface area contributed by atoms with E-state index in [1.807, 2.05) is 0 Å².